The van der Waals surface area contributed by atoms with E-state index in [1.165, 1.54) is 0 Å². The molecule has 0 radical (unpaired) electrons. The van der Waals surface area contributed by atoms with Gasteiger partial charge >= 0.3 is 0 Å². The van der Waals surface area contributed by atoms with Gasteiger partial charge in [0, 0.05) is 6.42 Å². The molecule has 1 saturated carbocycles. The molecule has 2 rings (SSSR count). The van der Waals surface area contributed by atoms with Crippen LogP contribution in [0.5, 0.6) is 0 Å². The average molecular weight is 240 g/mol. The second-order valence-corrected chi connectivity index (χ2v) is 4.57. The molecule has 0 N–H and O–H groups in total. The van der Waals surface area contributed by atoms with Gasteiger partial charge in [-0.15, -0.1) is 0 Å². The van der Waals surface area contributed by atoms with Crippen LogP contribution in [0.1, 0.15) is 31.2 Å². The second kappa shape index (κ2) is 6.10. The van der Waals surface area contributed by atoms with E-state index in [1.54, 1.807) is 0 Å². The van der Waals surface area contributed by atoms with E-state index in [4.69, 9.17) is 4.74 Å². The Morgan fingerprint density at radius 2 is 1.88 bits per heavy atom. The van der Waals surface area contributed by atoms with Gasteiger partial charge in [-0.3, -0.25) is 0 Å². The molecule has 1 nitrogen and oxygen atoms in total. The molecule has 3 heteroatoms. The first-order valence-corrected chi connectivity index (χ1v) is 6.23. The zero-order valence-electron chi connectivity index (χ0n) is 9.82. The van der Waals surface area contributed by atoms with Gasteiger partial charge in [0.25, 0.3) is 0 Å². The predicted octanol–water partition coefficient (Wildman–Crippen LogP) is 3.82. The Kier molecular flexibility index (Phi) is 4.49. The summed E-state index contributed by atoms with van der Waals surface area (Å²) in [4.78, 5) is 0. The Morgan fingerprint density at radius 3 is 2.59 bits per heavy atom. The maximum Gasteiger partial charge on any atom is 0.203 e. The van der Waals surface area contributed by atoms with E-state index in [-0.39, 0.29) is 6.42 Å². The number of rotatable bonds is 4. The molecule has 0 saturated heterocycles. The normalized spacial score (nSPS) is 26.7. The van der Waals surface area contributed by atoms with Gasteiger partial charge in [-0.2, -0.15) is 0 Å². The summed E-state index contributed by atoms with van der Waals surface area (Å²) >= 11 is 0. The summed E-state index contributed by atoms with van der Waals surface area (Å²) in [5.74, 6) is 0. The van der Waals surface area contributed by atoms with Crippen molar-refractivity contribution in [1.82, 2.24) is 0 Å². The van der Waals surface area contributed by atoms with Crippen LogP contribution < -0.4 is 0 Å². The third kappa shape index (κ3) is 3.77. The first-order valence-electron chi connectivity index (χ1n) is 6.23. The van der Waals surface area contributed by atoms with Gasteiger partial charge in [-0.25, -0.2) is 8.78 Å². The van der Waals surface area contributed by atoms with Crippen LogP contribution in [0, 0.1) is 0 Å². The molecule has 1 aliphatic rings. The van der Waals surface area contributed by atoms with Crippen molar-refractivity contribution in [3.05, 3.63) is 35.9 Å². The fourth-order valence-corrected chi connectivity index (χ4v) is 2.24. The van der Waals surface area contributed by atoms with Crippen molar-refractivity contribution in [2.45, 2.75) is 50.7 Å². The van der Waals surface area contributed by atoms with E-state index in [2.05, 4.69) is 0 Å². The molecule has 1 aromatic rings. The van der Waals surface area contributed by atoms with Crippen molar-refractivity contribution in [3.63, 3.8) is 0 Å². The van der Waals surface area contributed by atoms with E-state index in [0.29, 0.717) is 12.8 Å². The maximum absolute atomic E-state index is 13.7. The highest BCUT2D eigenvalue weighted by molar-refractivity contribution is 5.14. The summed E-state index contributed by atoms with van der Waals surface area (Å²) < 4.78 is 32.3. The lowest BCUT2D eigenvalue weighted by Gasteiger charge is -2.27. The number of halogens is 2. The highest BCUT2D eigenvalue weighted by Gasteiger charge is 2.28. The molecule has 1 aromatic carbocycles. The van der Waals surface area contributed by atoms with Gasteiger partial charge in [0.05, 0.1) is 6.10 Å². The molecule has 1 aliphatic carbocycles. The minimum atomic E-state index is -1.40. The minimum absolute atomic E-state index is 0.198. The molecule has 94 valence electrons. The van der Waals surface area contributed by atoms with E-state index < -0.39 is 18.6 Å². The first kappa shape index (κ1) is 12.5. The van der Waals surface area contributed by atoms with Crippen molar-refractivity contribution in [2.75, 3.05) is 0 Å². The van der Waals surface area contributed by atoms with Gasteiger partial charge in [0.15, 0.2) is 0 Å². The number of ether oxygens (including phenoxy) is 1. The lowest BCUT2D eigenvalue weighted by molar-refractivity contribution is -0.121. The molecular weight excluding hydrogens is 222 g/mol. The summed E-state index contributed by atoms with van der Waals surface area (Å²) in [7, 11) is 0. The van der Waals surface area contributed by atoms with Crippen LogP contribution in [-0.2, 0) is 11.2 Å². The summed E-state index contributed by atoms with van der Waals surface area (Å²) in [5, 5.41) is 0. The molecule has 0 amide bonds. The van der Waals surface area contributed by atoms with Gasteiger partial charge < -0.3 is 4.74 Å². The van der Waals surface area contributed by atoms with Crippen molar-refractivity contribution in [2.24, 2.45) is 0 Å². The molecule has 3 atom stereocenters. The molecule has 0 aromatic heterocycles. The van der Waals surface area contributed by atoms with E-state index in [0.717, 1.165) is 18.4 Å². The minimum Gasteiger partial charge on any atom is -0.341 e. The zero-order valence-corrected chi connectivity index (χ0v) is 9.82. The van der Waals surface area contributed by atoms with E-state index in [1.807, 2.05) is 30.3 Å². The molecular formula is C14H18F2O. The largest absolute Gasteiger partial charge is 0.341 e. The Bertz CT molecular complexity index is 328. The fourth-order valence-electron chi connectivity index (χ4n) is 2.24. The topological polar surface area (TPSA) is 9.23 Å². The van der Waals surface area contributed by atoms with Crippen LogP contribution in [0.2, 0.25) is 0 Å². The summed E-state index contributed by atoms with van der Waals surface area (Å²) in [6, 6.07) is 9.31. The standard InChI is InChI=1S/C14H18F2O/c15-12-8-4-5-9-13(12)17-14(16)10-11-6-2-1-3-7-11/h1-3,6-7,12-14H,4-5,8-10H2. The first-order chi connectivity index (χ1) is 8.25. The molecule has 3 unspecified atom stereocenters. The quantitative estimate of drug-likeness (QED) is 0.777. The van der Waals surface area contributed by atoms with Crippen LogP contribution in [0.25, 0.3) is 0 Å². The number of alkyl halides is 2. The van der Waals surface area contributed by atoms with Gasteiger partial charge in [0.1, 0.15) is 6.17 Å². The average Bonchev–Trinajstić information content (AvgIpc) is 2.33. The molecule has 0 heterocycles. The zero-order chi connectivity index (χ0) is 12.1. The van der Waals surface area contributed by atoms with Gasteiger partial charge in [-0.1, -0.05) is 43.2 Å². The van der Waals surface area contributed by atoms with Crippen molar-refractivity contribution < 1.29 is 13.5 Å². The summed E-state index contributed by atoms with van der Waals surface area (Å²) in [6.45, 7) is 0. The van der Waals surface area contributed by atoms with Crippen molar-refractivity contribution in [3.8, 4) is 0 Å². The summed E-state index contributed by atoms with van der Waals surface area (Å²) in [5.41, 5.74) is 0.881. The molecule has 0 bridgehead atoms. The second-order valence-electron chi connectivity index (χ2n) is 4.57. The number of hydrogen-bond acceptors (Lipinski definition) is 1. The molecule has 1 fully saturated rings. The highest BCUT2D eigenvalue weighted by atomic mass is 19.1. The van der Waals surface area contributed by atoms with Crippen LogP contribution >= 0.6 is 0 Å². The van der Waals surface area contributed by atoms with Gasteiger partial charge in [0.2, 0.25) is 6.36 Å². The molecule has 17 heavy (non-hydrogen) atoms. The summed E-state index contributed by atoms with van der Waals surface area (Å²) in [6.07, 6.45) is 0.196. The Labute approximate surface area is 101 Å². The lowest BCUT2D eigenvalue weighted by atomic mass is 9.96. The van der Waals surface area contributed by atoms with Crippen molar-refractivity contribution in [1.29, 1.82) is 0 Å². The van der Waals surface area contributed by atoms with E-state index in [9.17, 15) is 8.78 Å². The maximum atomic E-state index is 13.7. The van der Waals surface area contributed by atoms with Crippen LogP contribution in [-0.4, -0.2) is 18.6 Å². The SMILES string of the molecule is FC(Cc1ccccc1)OC1CCCCC1F. The van der Waals surface area contributed by atoms with Crippen LogP contribution in [0.15, 0.2) is 30.3 Å². The Morgan fingerprint density at radius 1 is 1.18 bits per heavy atom. The lowest BCUT2D eigenvalue weighted by Crippen LogP contribution is -2.32. The van der Waals surface area contributed by atoms with Gasteiger partial charge in [-0.05, 0) is 18.4 Å². The fraction of sp³-hybridized carbons (Fsp3) is 0.571. The smallest absolute Gasteiger partial charge is 0.203 e. The van der Waals surface area contributed by atoms with Crippen LogP contribution in [0.3, 0.4) is 0 Å². The number of hydrogen-bond donors (Lipinski definition) is 0. The highest BCUT2D eigenvalue weighted by Crippen LogP contribution is 2.25. The Hall–Kier alpha value is -0.960. The Balaban J connectivity index is 1.82. The molecule has 0 aliphatic heterocycles. The van der Waals surface area contributed by atoms with E-state index >= 15 is 0 Å². The predicted molar refractivity (Wildman–Crippen MR) is 63.3 cm³/mol. The number of benzene rings is 1. The third-order valence-electron chi connectivity index (χ3n) is 3.18. The van der Waals surface area contributed by atoms with Crippen LogP contribution in [0.4, 0.5) is 8.78 Å². The third-order valence-corrected chi connectivity index (χ3v) is 3.18. The monoisotopic (exact) mass is 240 g/mol. The van der Waals surface area contributed by atoms with Crippen molar-refractivity contribution >= 4 is 0 Å². The molecule has 0 spiro atoms.